The van der Waals surface area contributed by atoms with Crippen LogP contribution in [0.25, 0.3) is 10.9 Å². The summed E-state index contributed by atoms with van der Waals surface area (Å²) in [6.07, 6.45) is 3.15. The molecule has 0 saturated heterocycles. The smallest absolute Gasteiger partial charge is 0.256 e. The van der Waals surface area contributed by atoms with E-state index in [-0.39, 0.29) is 5.88 Å². The van der Waals surface area contributed by atoms with Gasteiger partial charge in [0.05, 0.1) is 0 Å². The van der Waals surface area contributed by atoms with Gasteiger partial charge in [-0.15, -0.1) is 0 Å². The standard InChI is InChI=1S/C14H8BrFN2O/c15-10-7-11(16)14(18-8-10)19-12-5-1-3-9-4-2-6-17-13(9)12/h1-8H. The molecule has 3 aromatic rings. The first kappa shape index (κ1) is 12.0. The van der Waals surface area contributed by atoms with E-state index in [2.05, 4.69) is 25.9 Å². The molecular weight excluding hydrogens is 311 g/mol. The number of hydrogen-bond acceptors (Lipinski definition) is 3. The van der Waals surface area contributed by atoms with Crippen molar-refractivity contribution in [3.8, 4) is 11.6 Å². The van der Waals surface area contributed by atoms with Gasteiger partial charge < -0.3 is 4.74 Å². The first-order chi connectivity index (χ1) is 9.24. The highest BCUT2D eigenvalue weighted by atomic mass is 79.9. The van der Waals surface area contributed by atoms with Gasteiger partial charge in [-0.1, -0.05) is 18.2 Å². The molecular formula is C14H8BrFN2O. The summed E-state index contributed by atoms with van der Waals surface area (Å²) in [6, 6.07) is 10.5. The van der Waals surface area contributed by atoms with Gasteiger partial charge in [0.1, 0.15) is 5.52 Å². The molecule has 0 bridgehead atoms. The molecule has 0 spiro atoms. The highest BCUT2D eigenvalue weighted by molar-refractivity contribution is 9.10. The Morgan fingerprint density at radius 3 is 2.79 bits per heavy atom. The lowest BCUT2D eigenvalue weighted by molar-refractivity contribution is 0.425. The zero-order valence-corrected chi connectivity index (χ0v) is 11.3. The van der Waals surface area contributed by atoms with Crippen LogP contribution in [0.4, 0.5) is 4.39 Å². The van der Waals surface area contributed by atoms with Crippen molar-refractivity contribution in [2.45, 2.75) is 0 Å². The third-order valence-electron chi connectivity index (χ3n) is 2.58. The quantitative estimate of drug-likeness (QED) is 0.705. The molecule has 0 aliphatic heterocycles. The number of aromatic nitrogens is 2. The van der Waals surface area contributed by atoms with Crippen LogP contribution in [0.2, 0.25) is 0 Å². The van der Waals surface area contributed by atoms with Crippen molar-refractivity contribution in [1.29, 1.82) is 0 Å². The Morgan fingerprint density at radius 1 is 1.11 bits per heavy atom. The number of ether oxygens (including phenoxy) is 1. The lowest BCUT2D eigenvalue weighted by atomic mass is 10.2. The first-order valence-corrected chi connectivity index (χ1v) is 6.36. The molecule has 0 N–H and O–H groups in total. The van der Waals surface area contributed by atoms with Crippen molar-refractivity contribution in [1.82, 2.24) is 9.97 Å². The van der Waals surface area contributed by atoms with Gasteiger partial charge in [-0.05, 0) is 34.1 Å². The monoisotopic (exact) mass is 318 g/mol. The van der Waals surface area contributed by atoms with Gasteiger partial charge in [-0.2, -0.15) is 0 Å². The second-order valence-electron chi connectivity index (χ2n) is 3.87. The molecule has 0 fully saturated rings. The zero-order chi connectivity index (χ0) is 13.2. The summed E-state index contributed by atoms with van der Waals surface area (Å²) in [5.41, 5.74) is 0.675. The molecule has 0 amide bonds. The first-order valence-electron chi connectivity index (χ1n) is 5.57. The maximum atomic E-state index is 13.7. The largest absolute Gasteiger partial charge is 0.434 e. The molecule has 0 radical (unpaired) electrons. The molecule has 2 heterocycles. The van der Waals surface area contributed by atoms with Crippen LogP contribution in [-0.4, -0.2) is 9.97 Å². The number of rotatable bonds is 2. The van der Waals surface area contributed by atoms with Gasteiger partial charge in [0, 0.05) is 22.3 Å². The fourth-order valence-corrected chi connectivity index (χ4v) is 2.04. The van der Waals surface area contributed by atoms with E-state index in [0.717, 1.165) is 5.39 Å². The molecule has 3 nitrogen and oxygen atoms in total. The minimum atomic E-state index is -0.526. The summed E-state index contributed by atoms with van der Waals surface area (Å²) in [5.74, 6) is -0.115. The molecule has 5 heteroatoms. The van der Waals surface area contributed by atoms with Crippen LogP contribution in [0, 0.1) is 5.82 Å². The number of fused-ring (bicyclic) bond motifs is 1. The minimum absolute atomic E-state index is 0.0682. The molecule has 19 heavy (non-hydrogen) atoms. The predicted octanol–water partition coefficient (Wildman–Crippen LogP) is 4.32. The van der Waals surface area contributed by atoms with E-state index >= 15 is 0 Å². The number of halogens is 2. The van der Waals surface area contributed by atoms with Crippen LogP contribution in [0.5, 0.6) is 11.6 Å². The Labute approximate surface area is 117 Å². The maximum Gasteiger partial charge on any atom is 0.256 e. The maximum absolute atomic E-state index is 13.7. The van der Waals surface area contributed by atoms with Gasteiger partial charge in [0.2, 0.25) is 0 Å². The number of pyridine rings is 2. The van der Waals surface area contributed by atoms with E-state index in [1.807, 2.05) is 24.3 Å². The Kier molecular flexibility index (Phi) is 3.13. The summed E-state index contributed by atoms with van der Waals surface area (Å²) >= 11 is 3.15. The molecule has 0 unspecified atom stereocenters. The normalized spacial score (nSPS) is 10.6. The van der Waals surface area contributed by atoms with Crippen molar-refractivity contribution < 1.29 is 9.13 Å². The Bertz CT molecular complexity index is 743. The third-order valence-corrected chi connectivity index (χ3v) is 3.01. The fourth-order valence-electron chi connectivity index (χ4n) is 1.74. The number of nitrogens with zero attached hydrogens (tertiary/aromatic N) is 2. The fraction of sp³-hybridized carbons (Fsp3) is 0. The highest BCUT2D eigenvalue weighted by Crippen LogP contribution is 2.29. The summed E-state index contributed by atoms with van der Waals surface area (Å²) in [5, 5.41) is 0.928. The van der Waals surface area contributed by atoms with Gasteiger partial charge in [-0.3, -0.25) is 4.98 Å². The average molecular weight is 319 g/mol. The van der Waals surface area contributed by atoms with E-state index in [4.69, 9.17) is 4.74 Å². The highest BCUT2D eigenvalue weighted by Gasteiger charge is 2.10. The average Bonchev–Trinajstić information content (AvgIpc) is 2.42. The van der Waals surface area contributed by atoms with Crippen molar-refractivity contribution in [2.75, 3.05) is 0 Å². The van der Waals surface area contributed by atoms with Crippen molar-refractivity contribution in [2.24, 2.45) is 0 Å². The van der Waals surface area contributed by atoms with E-state index in [1.54, 1.807) is 12.3 Å². The number of para-hydroxylation sites is 1. The van der Waals surface area contributed by atoms with Gasteiger partial charge in [0.25, 0.3) is 5.88 Å². The van der Waals surface area contributed by atoms with Crippen LogP contribution in [0.1, 0.15) is 0 Å². The third kappa shape index (κ3) is 2.42. The van der Waals surface area contributed by atoms with E-state index in [1.165, 1.54) is 12.3 Å². The Balaban J connectivity index is 2.06. The minimum Gasteiger partial charge on any atom is -0.434 e. The van der Waals surface area contributed by atoms with Crippen molar-refractivity contribution >= 4 is 26.8 Å². The molecule has 2 aromatic heterocycles. The van der Waals surface area contributed by atoms with Crippen LogP contribution in [0.15, 0.2) is 53.3 Å². The van der Waals surface area contributed by atoms with Crippen LogP contribution < -0.4 is 4.74 Å². The lowest BCUT2D eigenvalue weighted by Crippen LogP contribution is -1.93. The predicted molar refractivity (Wildman–Crippen MR) is 73.7 cm³/mol. The van der Waals surface area contributed by atoms with Crippen molar-refractivity contribution in [3.63, 3.8) is 0 Å². The number of hydrogen-bond donors (Lipinski definition) is 0. The molecule has 0 aliphatic carbocycles. The van der Waals surface area contributed by atoms with Crippen LogP contribution in [0.3, 0.4) is 0 Å². The van der Waals surface area contributed by atoms with Crippen LogP contribution >= 0.6 is 15.9 Å². The summed E-state index contributed by atoms with van der Waals surface area (Å²) in [4.78, 5) is 8.15. The Morgan fingerprint density at radius 2 is 1.95 bits per heavy atom. The summed E-state index contributed by atoms with van der Waals surface area (Å²) in [7, 11) is 0. The summed E-state index contributed by atoms with van der Waals surface area (Å²) < 4.78 is 19.8. The molecule has 94 valence electrons. The van der Waals surface area contributed by atoms with E-state index in [9.17, 15) is 4.39 Å². The second-order valence-corrected chi connectivity index (χ2v) is 4.79. The lowest BCUT2D eigenvalue weighted by Gasteiger charge is -2.07. The van der Waals surface area contributed by atoms with Gasteiger partial charge in [0.15, 0.2) is 11.6 Å². The van der Waals surface area contributed by atoms with Crippen molar-refractivity contribution in [3.05, 3.63) is 59.1 Å². The number of benzene rings is 1. The molecule has 0 aliphatic rings. The molecule has 0 saturated carbocycles. The van der Waals surface area contributed by atoms with Gasteiger partial charge in [-0.25, -0.2) is 9.37 Å². The topological polar surface area (TPSA) is 35.0 Å². The summed E-state index contributed by atoms with van der Waals surface area (Å²) in [6.45, 7) is 0. The second kappa shape index (κ2) is 4.93. The zero-order valence-electron chi connectivity index (χ0n) is 9.68. The van der Waals surface area contributed by atoms with Crippen LogP contribution in [-0.2, 0) is 0 Å². The van der Waals surface area contributed by atoms with E-state index in [0.29, 0.717) is 15.7 Å². The SMILES string of the molecule is Fc1cc(Br)cnc1Oc1cccc2cccnc12. The molecule has 0 atom stereocenters. The molecule has 1 aromatic carbocycles. The Hall–Kier alpha value is -2.01. The molecule has 3 rings (SSSR count). The van der Waals surface area contributed by atoms with E-state index < -0.39 is 5.82 Å². The van der Waals surface area contributed by atoms with Gasteiger partial charge >= 0.3 is 0 Å².